The fourth-order valence-electron chi connectivity index (χ4n) is 4.40. The quantitative estimate of drug-likeness (QED) is 0.740. The molecule has 0 unspecified atom stereocenters. The number of nitrogens with zero attached hydrogens (tertiary/aromatic N) is 3. The van der Waals surface area contributed by atoms with Crippen molar-refractivity contribution in [3.63, 3.8) is 0 Å². The molecule has 1 fully saturated rings. The van der Waals surface area contributed by atoms with Gasteiger partial charge < -0.3 is 4.74 Å². The van der Waals surface area contributed by atoms with E-state index < -0.39 is 0 Å². The van der Waals surface area contributed by atoms with Crippen molar-refractivity contribution in [1.82, 2.24) is 9.91 Å². The Kier molecular flexibility index (Phi) is 6.18. The van der Waals surface area contributed by atoms with E-state index in [9.17, 15) is 4.79 Å². The van der Waals surface area contributed by atoms with E-state index in [1.165, 1.54) is 11.1 Å². The van der Waals surface area contributed by atoms with Crippen molar-refractivity contribution in [3.8, 4) is 5.75 Å². The van der Waals surface area contributed by atoms with Gasteiger partial charge in [-0.2, -0.15) is 5.10 Å². The average Bonchev–Trinajstić information content (AvgIpc) is 3.21. The van der Waals surface area contributed by atoms with Gasteiger partial charge in [0.15, 0.2) is 0 Å². The number of likely N-dealkylation sites (tertiary alicyclic amines) is 1. The molecule has 2 aromatic rings. The zero-order valence-electron chi connectivity index (χ0n) is 18.2. The van der Waals surface area contributed by atoms with Crippen molar-refractivity contribution in [2.45, 2.75) is 39.2 Å². The van der Waals surface area contributed by atoms with E-state index in [0.717, 1.165) is 48.9 Å². The van der Waals surface area contributed by atoms with E-state index in [0.29, 0.717) is 13.0 Å². The summed E-state index contributed by atoms with van der Waals surface area (Å²) in [5, 5.41) is 6.56. The standard InChI is InChI=1S/C25H31N3O2/c1-18-11-13-27(14-12-18)17-25(29)28-24(22-10-5-4-7-19(22)2)16-23(26-28)20-8-6-9-21(15-20)30-3/h4-10,15,18,24H,11-14,16-17H2,1-3H3/t24-/m1/s1. The molecule has 5 nitrogen and oxygen atoms in total. The number of rotatable bonds is 5. The second-order valence-corrected chi connectivity index (χ2v) is 8.55. The van der Waals surface area contributed by atoms with Crippen molar-refractivity contribution < 1.29 is 9.53 Å². The molecular weight excluding hydrogens is 374 g/mol. The van der Waals surface area contributed by atoms with Crippen LogP contribution in [0.5, 0.6) is 5.75 Å². The van der Waals surface area contributed by atoms with Crippen molar-refractivity contribution in [1.29, 1.82) is 0 Å². The number of carbonyl (C=O) groups is 1. The third-order valence-electron chi connectivity index (χ3n) is 6.35. The number of benzene rings is 2. The van der Waals surface area contributed by atoms with Crippen LogP contribution in [0.2, 0.25) is 0 Å². The number of piperidine rings is 1. The maximum Gasteiger partial charge on any atom is 0.257 e. The second-order valence-electron chi connectivity index (χ2n) is 8.55. The van der Waals surface area contributed by atoms with Crippen molar-refractivity contribution in [2.75, 3.05) is 26.7 Å². The first kappa shape index (κ1) is 20.6. The van der Waals surface area contributed by atoms with Crippen LogP contribution in [0, 0.1) is 12.8 Å². The lowest BCUT2D eigenvalue weighted by molar-refractivity contribution is -0.134. The number of aryl methyl sites for hydroxylation is 1. The molecule has 0 spiro atoms. The minimum Gasteiger partial charge on any atom is -0.497 e. The number of carbonyl (C=O) groups excluding carboxylic acids is 1. The van der Waals surface area contributed by atoms with Gasteiger partial charge in [0, 0.05) is 12.0 Å². The van der Waals surface area contributed by atoms with Crippen LogP contribution in [0.25, 0.3) is 0 Å². The number of amides is 1. The number of hydrazone groups is 1. The van der Waals surface area contributed by atoms with Crippen LogP contribution < -0.4 is 4.74 Å². The predicted molar refractivity (Wildman–Crippen MR) is 120 cm³/mol. The Morgan fingerprint density at radius 1 is 1.13 bits per heavy atom. The summed E-state index contributed by atoms with van der Waals surface area (Å²) in [4.78, 5) is 15.6. The normalized spacial score (nSPS) is 20.3. The second kappa shape index (κ2) is 9.00. The van der Waals surface area contributed by atoms with Crippen LogP contribution in [0.1, 0.15) is 48.9 Å². The number of ether oxygens (including phenoxy) is 1. The number of methoxy groups -OCH3 is 1. The molecule has 1 atom stereocenters. The van der Waals surface area contributed by atoms with Gasteiger partial charge in [0.05, 0.1) is 25.4 Å². The molecule has 158 valence electrons. The lowest BCUT2D eigenvalue weighted by Crippen LogP contribution is -2.41. The van der Waals surface area contributed by atoms with Gasteiger partial charge in [-0.25, -0.2) is 5.01 Å². The smallest absolute Gasteiger partial charge is 0.257 e. The monoisotopic (exact) mass is 405 g/mol. The number of hydrogen-bond donors (Lipinski definition) is 0. The fourth-order valence-corrected chi connectivity index (χ4v) is 4.40. The summed E-state index contributed by atoms with van der Waals surface area (Å²) in [5.74, 6) is 1.63. The Bertz CT molecular complexity index is 931. The van der Waals surface area contributed by atoms with Crippen molar-refractivity contribution >= 4 is 11.6 Å². The summed E-state index contributed by atoms with van der Waals surface area (Å²) in [6.07, 6.45) is 3.03. The Hall–Kier alpha value is -2.66. The average molecular weight is 406 g/mol. The first-order valence-electron chi connectivity index (χ1n) is 10.9. The Labute approximate surface area is 179 Å². The highest BCUT2D eigenvalue weighted by atomic mass is 16.5. The van der Waals surface area contributed by atoms with Crippen LogP contribution in [0.4, 0.5) is 0 Å². The van der Waals surface area contributed by atoms with Gasteiger partial charge in [-0.3, -0.25) is 9.69 Å². The summed E-state index contributed by atoms with van der Waals surface area (Å²) < 4.78 is 5.39. The predicted octanol–water partition coefficient (Wildman–Crippen LogP) is 4.41. The summed E-state index contributed by atoms with van der Waals surface area (Å²) in [6, 6.07) is 16.2. The third kappa shape index (κ3) is 4.41. The minimum absolute atomic E-state index is 0.0661. The molecule has 1 saturated heterocycles. The highest BCUT2D eigenvalue weighted by molar-refractivity contribution is 6.03. The van der Waals surface area contributed by atoms with Gasteiger partial charge in [-0.1, -0.05) is 43.3 Å². The van der Waals surface area contributed by atoms with Crippen LogP contribution in [-0.4, -0.2) is 48.3 Å². The van der Waals surface area contributed by atoms with Gasteiger partial charge in [0.25, 0.3) is 5.91 Å². The summed E-state index contributed by atoms with van der Waals surface area (Å²) in [6.45, 7) is 6.81. The van der Waals surface area contributed by atoms with E-state index in [4.69, 9.17) is 9.84 Å². The Balaban J connectivity index is 1.61. The van der Waals surface area contributed by atoms with Gasteiger partial charge >= 0.3 is 0 Å². The molecule has 0 aromatic heterocycles. The maximum atomic E-state index is 13.3. The molecule has 30 heavy (non-hydrogen) atoms. The van der Waals surface area contributed by atoms with E-state index in [1.54, 1.807) is 12.1 Å². The Morgan fingerprint density at radius 3 is 2.63 bits per heavy atom. The molecule has 2 aliphatic heterocycles. The SMILES string of the molecule is COc1cccc(C2=NN(C(=O)CN3CCC(C)CC3)[C@@H](c3ccccc3C)C2)c1. The van der Waals surface area contributed by atoms with Gasteiger partial charge in [-0.15, -0.1) is 0 Å². The van der Waals surface area contributed by atoms with Crippen LogP contribution in [0.3, 0.4) is 0 Å². The van der Waals surface area contributed by atoms with Gasteiger partial charge in [-0.05, 0) is 62.0 Å². The zero-order valence-corrected chi connectivity index (χ0v) is 18.2. The molecule has 1 amide bonds. The molecule has 4 rings (SSSR count). The molecule has 2 heterocycles. The lowest BCUT2D eigenvalue weighted by atomic mass is 9.95. The lowest BCUT2D eigenvalue weighted by Gasteiger charge is -2.31. The summed E-state index contributed by atoms with van der Waals surface area (Å²) >= 11 is 0. The highest BCUT2D eigenvalue weighted by Crippen LogP contribution is 2.35. The highest BCUT2D eigenvalue weighted by Gasteiger charge is 2.34. The molecule has 0 radical (unpaired) electrons. The van der Waals surface area contributed by atoms with Crippen molar-refractivity contribution in [3.05, 3.63) is 65.2 Å². The van der Waals surface area contributed by atoms with Crippen LogP contribution in [-0.2, 0) is 4.79 Å². The van der Waals surface area contributed by atoms with Crippen LogP contribution in [0.15, 0.2) is 53.6 Å². The first-order valence-corrected chi connectivity index (χ1v) is 10.9. The van der Waals surface area contributed by atoms with Crippen LogP contribution >= 0.6 is 0 Å². The molecule has 5 heteroatoms. The Morgan fingerprint density at radius 2 is 1.90 bits per heavy atom. The molecule has 0 aliphatic carbocycles. The summed E-state index contributed by atoms with van der Waals surface area (Å²) in [7, 11) is 1.67. The van der Waals surface area contributed by atoms with Crippen molar-refractivity contribution in [2.24, 2.45) is 11.0 Å². The molecular formula is C25H31N3O2. The molecule has 2 aliphatic rings. The third-order valence-corrected chi connectivity index (χ3v) is 6.35. The summed E-state index contributed by atoms with van der Waals surface area (Å²) in [5.41, 5.74) is 4.30. The minimum atomic E-state index is -0.0661. The largest absolute Gasteiger partial charge is 0.497 e. The number of hydrogen-bond acceptors (Lipinski definition) is 4. The van der Waals surface area contributed by atoms with E-state index in [1.807, 2.05) is 36.4 Å². The fraction of sp³-hybridized carbons (Fsp3) is 0.440. The molecule has 0 bridgehead atoms. The first-order chi connectivity index (χ1) is 14.5. The molecule has 0 N–H and O–H groups in total. The maximum absolute atomic E-state index is 13.3. The van der Waals surface area contributed by atoms with E-state index in [2.05, 4.69) is 30.9 Å². The van der Waals surface area contributed by atoms with Gasteiger partial charge in [0.2, 0.25) is 0 Å². The van der Waals surface area contributed by atoms with E-state index >= 15 is 0 Å². The zero-order chi connectivity index (χ0) is 21.1. The van der Waals surface area contributed by atoms with Gasteiger partial charge in [0.1, 0.15) is 5.75 Å². The van der Waals surface area contributed by atoms with E-state index in [-0.39, 0.29) is 11.9 Å². The molecule has 2 aromatic carbocycles. The topological polar surface area (TPSA) is 45.1 Å². The molecule has 0 saturated carbocycles.